The van der Waals surface area contributed by atoms with Gasteiger partial charge in [-0.1, -0.05) is 0 Å². The Balaban J connectivity index is 1.64. The molecule has 24 heavy (non-hydrogen) atoms. The fourth-order valence-corrected chi connectivity index (χ4v) is 4.86. The van der Waals surface area contributed by atoms with E-state index in [0.29, 0.717) is 17.6 Å². The second-order valence-corrected chi connectivity index (χ2v) is 8.79. The molecule has 2 bridgehead atoms. The van der Waals surface area contributed by atoms with Gasteiger partial charge in [0.05, 0.1) is 4.90 Å². The van der Waals surface area contributed by atoms with Crippen LogP contribution >= 0.6 is 0 Å². The first-order valence-electron chi connectivity index (χ1n) is 8.53. The number of carbonyl (C=O) groups is 1. The summed E-state index contributed by atoms with van der Waals surface area (Å²) < 4.78 is 26.7. The lowest BCUT2D eigenvalue weighted by Gasteiger charge is -2.29. The maximum atomic E-state index is 12.4. The molecule has 0 aliphatic carbocycles. The van der Waals surface area contributed by atoms with E-state index >= 15 is 0 Å². The average molecular weight is 351 g/mol. The standard InChI is InChI=1S/C17H25N3O3S/c1-11(2)20-24(22,23)16-7-3-12(4-8-16)17(21)19-15-9-13-5-6-14(10-15)18-13/h3-4,7-8,11,13-15,18,20H,5-6,9-10H2,1-2H3,(H,19,21). The summed E-state index contributed by atoms with van der Waals surface area (Å²) in [6.45, 7) is 3.54. The van der Waals surface area contributed by atoms with Crippen LogP contribution in [-0.4, -0.2) is 38.5 Å². The highest BCUT2D eigenvalue weighted by molar-refractivity contribution is 7.89. The molecule has 2 heterocycles. The zero-order valence-corrected chi connectivity index (χ0v) is 14.9. The van der Waals surface area contributed by atoms with E-state index < -0.39 is 10.0 Å². The smallest absolute Gasteiger partial charge is 0.251 e. The van der Waals surface area contributed by atoms with Crippen molar-refractivity contribution in [1.29, 1.82) is 0 Å². The van der Waals surface area contributed by atoms with Gasteiger partial charge in [0.2, 0.25) is 10.0 Å². The minimum atomic E-state index is -3.53. The van der Waals surface area contributed by atoms with Gasteiger partial charge in [0.15, 0.2) is 0 Å². The van der Waals surface area contributed by atoms with Crippen molar-refractivity contribution in [1.82, 2.24) is 15.4 Å². The molecule has 2 fully saturated rings. The lowest BCUT2D eigenvalue weighted by Crippen LogP contribution is -2.48. The molecule has 0 aromatic heterocycles. The molecule has 1 aromatic rings. The second-order valence-electron chi connectivity index (χ2n) is 7.08. The molecule has 0 saturated carbocycles. The van der Waals surface area contributed by atoms with E-state index in [2.05, 4.69) is 15.4 Å². The Morgan fingerprint density at radius 3 is 2.25 bits per heavy atom. The van der Waals surface area contributed by atoms with Crippen molar-refractivity contribution < 1.29 is 13.2 Å². The maximum Gasteiger partial charge on any atom is 0.251 e. The van der Waals surface area contributed by atoms with Gasteiger partial charge >= 0.3 is 0 Å². The molecule has 1 aromatic carbocycles. The first kappa shape index (κ1) is 17.4. The topological polar surface area (TPSA) is 87.3 Å². The Kier molecular flexibility index (Phi) is 4.94. The number of amides is 1. The first-order valence-corrected chi connectivity index (χ1v) is 10.0. The van der Waals surface area contributed by atoms with Gasteiger partial charge in [-0.3, -0.25) is 4.79 Å². The molecule has 3 rings (SSSR count). The molecule has 6 nitrogen and oxygen atoms in total. The van der Waals surface area contributed by atoms with Crippen LogP contribution in [-0.2, 0) is 10.0 Å². The number of rotatable bonds is 5. The number of hydrogen-bond acceptors (Lipinski definition) is 4. The van der Waals surface area contributed by atoms with E-state index in [1.165, 1.54) is 25.0 Å². The summed E-state index contributed by atoms with van der Waals surface area (Å²) in [6.07, 6.45) is 4.30. The first-order chi connectivity index (χ1) is 11.3. The summed E-state index contributed by atoms with van der Waals surface area (Å²) in [5, 5.41) is 6.63. The van der Waals surface area contributed by atoms with E-state index in [-0.39, 0.29) is 22.9 Å². The van der Waals surface area contributed by atoms with Crippen LogP contribution < -0.4 is 15.4 Å². The molecule has 2 aliphatic rings. The molecule has 2 saturated heterocycles. The molecule has 3 N–H and O–H groups in total. The number of carbonyl (C=O) groups excluding carboxylic acids is 1. The number of hydrogen-bond donors (Lipinski definition) is 3. The Morgan fingerprint density at radius 2 is 1.71 bits per heavy atom. The van der Waals surface area contributed by atoms with Crippen molar-refractivity contribution in [2.45, 2.75) is 68.6 Å². The summed E-state index contributed by atoms with van der Waals surface area (Å²) in [4.78, 5) is 12.6. The van der Waals surface area contributed by atoms with Crippen molar-refractivity contribution in [3.63, 3.8) is 0 Å². The molecule has 2 aliphatic heterocycles. The molecule has 1 amide bonds. The number of benzene rings is 1. The Bertz CT molecular complexity index is 688. The van der Waals surface area contributed by atoms with Crippen LogP contribution in [0.2, 0.25) is 0 Å². The number of sulfonamides is 1. The van der Waals surface area contributed by atoms with Gasteiger partial charge < -0.3 is 10.6 Å². The predicted octanol–water partition coefficient (Wildman–Crippen LogP) is 1.39. The van der Waals surface area contributed by atoms with Crippen LogP contribution in [0, 0.1) is 0 Å². The summed E-state index contributed by atoms with van der Waals surface area (Å²) in [7, 11) is -3.53. The quantitative estimate of drug-likeness (QED) is 0.748. The van der Waals surface area contributed by atoms with Crippen molar-refractivity contribution >= 4 is 15.9 Å². The molecule has 132 valence electrons. The van der Waals surface area contributed by atoms with Crippen LogP contribution in [0.1, 0.15) is 49.9 Å². The van der Waals surface area contributed by atoms with Gasteiger partial charge in [0.1, 0.15) is 0 Å². The van der Waals surface area contributed by atoms with Crippen LogP contribution in [0.4, 0.5) is 0 Å². The largest absolute Gasteiger partial charge is 0.349 e. The third kappa shape index (κ3) is 3.96. The fraction of sp³-hybridized carbons (Fsp3) is 0.588. The maximum absolute atomic E-state index is 12.4. The zero-order valence-electron chi connectivity index (χ0n) is 14.1. The third-order valence-electron chi connectivity index (χ3n) is 4.63. The van der Waals surface area contributed by atoms with E-state index in [9.17, 15) is 13.2 Å². The Morgan fingerprint density at radius 1 is 1.12 bits per heavy atom. The third-order valence-corrected chi connectivity index (χ3v) is 6.30. The van der Waals surface area contributed by atoms with E-state index in [1.54, 1.807) is 26.0 Å². The van der Waals surface area contributed by atoms with Crippen LogP contribution in [0.25, 0.3) is 0 Å². The zero-order chi connectivity index (χ0) is 17.3. The lowest BCUT2D eigenvalue weighted by atomic mass is 9.99. The van der Waals surface area contributed by atoms with Gasteiger partial charge in [-0.2, -0.15) is 0 Å². The monoisotopic (exact) mass is 351 g/mol. The molecule has 7 heteroatoms. The van der Waals surface area contributed by atoms with E-state index in [0.717, 1.165) is 12.8 Å². The summed E-state index contributed by atoms with van der Waals surface area (Å²) in [5.41, 5.74) is 0.490. The molecule has 0 radical (unpaired) electrons. The van der Waals surface area contributed by atoms with Crippen molar-refractivity contribution in [2.75, 3.05) is 0 Å². The lowest BCUT2D eigenvalue weighted by molar-refractivity contribution is 0.0924. The molecular weight excluding hydrogens is 326 g/mol. The molecular formula is C17H25N3O3S. The minimum Gasteiger partial charge on any atom is -0.349 e. The Hall–Kier alpha value is -1.44. The van der Waals surface area contributed by atoms with Crippen LogP contribution in [0.5, 0.6) is 0 Å². The van der Waals surface area contributed by atoms with Crippen molar-refractivity contribution in [2.24, 2.45) is 0 Å². The van der Waals surface area contributed by atoms with Gasteiger partial charge in [0, 0.05) is 29.7 Å². The predicted molar refractivity (Wildman–Crippen MR) is 92.3 cm³/mol. The summed E-state index contributed by atoms with van der Waals surface area (Å²) in [5.74, 6) is -0.137. The van der Waals surface area contributed by atoms with E-state index in [4.69, 9.17) is 0 Å². The van der Waals surface area contributed by atoms with Crippen molar-refractivity contribution in [3.8, 4) is 0 Å². The van der Waals surface area contributed by atoms with Crippen LogP contribution in [0.15, 0.2) is 29.2 Å². The number of nitrogens with one attached hydrogen (secondary N) is 3. The number of fused-ring (bicyclic) bond motifs is 2. The highest BCUT2D eigenvalue weighted by atomic mass is 32.2. The van der Waals surface area contributed by atoms with Crippen LogP contribution in [0.3, 0.4) is 0 Å². The normalized spacial score (nSPS) is 26.5. The van der Waals surface area contributed by atoms with Gasteiger partial charge in [-0.25, -0.2) is 13.1 Å². The van der Waals surface area contributed by atoms with Gasteiger partial charge in [0.25, 0.3) is 5.91 Å². The Labute approximate surface area is 143 Å². The average Bonchev–Trinajstić information content (AvgIpc) is 2.85. The fourth-order valence-electron chi connectivity index (χ4n) is 3.61. The molecule has 2 atom stereocenters. The highest BCUT2D eigenvalue weighted by Gasteiger charge is 2.34. The molecule has 2 unspecified atom stereocenters. The van der Waals surface area contributed by atoms with Crippen molar-refractivity contribution in [3.05, 3.63) is 29.8 Å². The molecule has 0 spiro atoms. The second kappa shape index (κ2) is 6.82. The summed E-state index contributed by atoms with van der Waals surface area (Å²) in [6, 6.07) is 7.15. The number of piperidine rings is 1. The summed E-state index contributed by atoms with van der Waals surface area (Å²) >= 11 is 0. The SMILES string of the molecule is CC(C)NS(=O)(=O)c1ccc(C(=O)NC2CC3CCC(C2)N3)cc1. The van der Waals surface area contributed by atoms with Gasteiger partial charge in [-0.05, 0) is 63.8 Å². The minimum absolute atomic E-state index is 0.137. The van der Waals surface area contributed by atoms with Gasteiger partial charge in [-0.15, -0.1) is 0 Å². The van der Waals surface area contributed by atoms with E-state index in [1.807, 2.05) is 0 Å². The highest BCUT2D eigenvalue weighted by Crippen LogP contribution is 2.27.